The number of amides is 3. The summed E-state index contributed by atoms with van der Waals surface area (Å²) in [7, 11) is 1.69. The van der Waals surface area contributed by atoms with Crippen LogP contribution >= 0.6 is 0 Å². The van der Waals surface area contributed by atoms with Crippen LogP contribution < -0.4 is 0 Å². The van der Waals surface area contributed by atoms with E-state index in [9.17, 15) is 9.59 Å². The number of carbonyl (C=O) groups is 2. The van der Waals surface area contributed by atoms with Crippen molar-refractivity contribution in [1.82, 2.24) is 14.7 Å². The Bertz CT molecular complexity index is 1010. The maximum absolute atomic E-state index is 13.4. The fourth-order valence-electron chi connectivity index (χ4n) is 4.17. The molecule has 3 aliphatic heterocycles. The van der Waals surface area contributed by atoms with Crippen LogP contribution in [-0.4, -0.2) is 69.2 Å². The Labute approximate surface area is 168 Å². The summed E-state index contributed by atoms with van der Waals surface area (Å²) in [5.74, 6) is 1.87. The number of hydrogen-bond acceptors (Lipinski definition) is 5. The van der Waals surface area contributed by atoms with Gasteiger partial charge in [-0.15, -0.1) is 0 Å². The molecule has 8 nitrogen and oxygen atoms in total. The van der Waals surface area contributed by atoms with Crippen molar-refractivity contribution in [2.24, 2.45) is 4.99 Å². The van der Waals surface area contributed by atoms with Crippen LogP contribution in [0.2, 0.25) is 0 Å². The predicted molar refractivity (Wildman–Crippen MR) is 105 cm³/mol. The lowest BCUT2D eigenvalue weighted by Gasteiger charge is -2.35. The second-order valence-corrected chi connectivity index (χ2v) is 7.47. The van der Waals surface area contributed by atoms with Gasteiger partial charge in [0, 0.05) is 13.5 Å². The molecular weight excluding hydrogens is 370 g/mol. The molecule has 1 aromatic heterocycles. The van der Waals surface area contributed by atoms with Gasteiger partial charge in [0.05, 0.1) is 25.9 Å². The number of benzene rings is 1. The fourth-order valence-corrected chi connectivity index (χ4v) is 4.17. The van der Waals surface area contributed by atoms with Gasteiger partial charge in [-0.3, -0.25) is 19.2 Å². The third kappa shape index (κ3) is 2.91. The molecule has 5 rings (SSSR count). The molecule has 3 amide bonds. The van der Waals surface area contributed by atoms with E-state index in [1.165, 1.54) is 9.80 Å². The average molecular weight is 392 g/mol. The van der Waals surface area contributed by atoms with Crippen LogP contribution in [-0.2, 0) is 17.9 Å². The van der Waals surface area contributed by atoms with Crippen molar-refractivity contribution in [3.8, 4) is 0 Å². The number of fused-ring (bicyclic) bond motifs is 3. The minimum Gasteiger partial charge on any atom is -0.466 e. The first-order valence-electron chi connectivity index (χ1n) is 9.76. The predicted octanol–water partition coefficient (Wildman–Crippen LogP) is 1.73. The molecule has 4 heterocycles. The highest BCUT2D eigenvalue weighted by molar-refractivity contribution is 6.25. The molecule has 29 heavy (non-hydrogen) atoms. The summed E-state index contributed by atoms with van der Waals surface area (Å²) >= 11 is 0. The van der Waals surface area contributed by atoms with Gasteiger partial charge in [-0.1, -0.05) is 35.3 Å². The number of guanidine groups is 1. The van der Waals surface area contributed by atoms with Gasteiger partial charge in [0.25, 0.3) is 5.91 Å². The lowest BCUT2D eigenvalue weighted by atomic mass is 10.1. The maximum Gasteiger partial charge on any atom is 0.392 e. The molecule has 1 atom stereocenters. The lowest BCUT2D eigenvalue weighted by molar-refractivity contribution is -0.556. The molecule has 1 aromatic carbocycles. The van der Waals surface area contributed by atoms with Crippen LogP contribution in [0.15, 0.2) is 58.1 Å². The molecule has 1 fully saturated rings. The zero-order valence-corrected chi connectivity index (χ0v) is 16.2. The van der Waals surface area contributed by atoms with Gasteiger partial charge in [-0.2, -0.15) is 0 Å². The summed E-state index contributed by atoms with van der Waals surface area (Å²) in [6.07, 6.45) is 2.56. The smallest absolute Gasteiger partial charge is 0.392 e. The average Bonchev–Trinajstić information content (AvgIpc) is 3.39. The van der Waals surface area contributed by atoms with Crippen LogP contribution in [0, 0.1) is 0 Å². The van der Waals surface area contributed by atoms with Gasteiger partial charge in [0.15, 0.2) is 0 Å². The topological polar surface area (TPSA) is 72.4 Å². The number of aliphatic imine (C=N–C) groups is 1. The Hall–Kier alpha value is -3.42. The SMILES string of the molecule is CN1C(=O)N(Cc2ccccc2)C(=O)C2C1=NC1=[N+](Cc3ccco3)CCCN12. The highest BCUT2D eigenvalue weighted by Crippen LogP contribution is 2.27. The first-order valence-corrected chi connectivity index (χ1v) is 9.76. The number of rotatable bonds is 4. The molecule has 3 aliphatic rings. The van der Waals surface area contributed by atoms with Crippen molar-refractivity contribution in [1.29, 1.82) is 0 Å². The van der Waals surface area contributed by atoms with E-state index in [4.69, 9.17) is 9.41 Å². The van der Waals surface area contributed by atoms with Gasteiger partial charge in [0.2, 0.25) is 11.9 Å². The Morgan fingerprint density at radius 1 is 1.17 bits per heavy atom. The molecule has 0 bridgehead atoms. The first kappa shape index (κ1) is 17.7. The monoisotopic (exact) mass is 392 g/mol. The highest BCUT2D eigenvalue weighted by Gasteiger charge is 2.56. The van der Waals surface area contributed by atoms with E-state index in [2.05, 4.69) is 4.58 Å². The number of urea groups is 1. The van der Waals surface area contributed by atoms with Crippen LogP contribution in [0.25, 0.3) is 0 Å². The van der Waals surface area contributed by atoms with Crippen molar-refractivity contribution in [2.45, 2.75) is 25.6 Å². The van der Waals surface area contributed by atoms with Crippen molar-refractivity contribution >= 4 is 23.7 Å². The summed E-state index contributed by atoms with van der Waals surface area (Å²) < 4.78 is 7.60. The second-order valence-electron chi connectivity index (χ2n) is 7.47. The normalized spacial score (nSPS) is 21.5. The number of hydrogen-bond donors (Lipinski definition) is 0. The van der Waals surface area contributed by atoms with Gasteiger partial charge in [0.1, 0.15) is 12.3 Å². The van der Waals surface area contributed by atoms with Crippen molar-refractivity contribution in [3.05, 3.63) is 60.1 Å². The number of nitrogens with zero attached hydrogens (tertiary/aromatic N) is 5. The van der Waals surface area contributed by atoms with E-state index in [0.717, 1.165) is 36.8 Å². The standard InChI is InChI=1S/C21H22N5O3/c1-23-18-17(19(27)26(21(23)28)13-15-7-3-2-4-8-15)25-11-6-10-24(20(25)22-18)14-16-9-5-12-29-16/h2-5,7-9,12,17H,6,10-11,13-14H2,1H3/q+1. The number of imide groups is 1. The number of furan rings is 1. The summed E-state index contributed by atoms with van der Waals surface area (Å²) in [6.45, 7) is 2.40. The number of likely N-dealkylation sites (N-methyl/N-ethyl adjacent to an activating group) is 1. The Morgan fingerprint density at radius 3 is 2.76 bits per heavy atom. The summed E-state index contributed by atoms with van der Waals surface area (Å²) in [6, 6.07) is 12.5. The lowest BCUT2D eigenvalue weighted by Crippen LogP contribution is -2.64. The minimum atomic E-state index is -0.559. The van der Waals surface area contributed by atoms with Crippen molar-refractivity contribution in [2.75, 3.05) is 20.1 Å². The van der Waals surface area contributed by atoms with Gasteiger partial charge >= 0.3 is 12.0 Å². The number of amidine groups is 1. The highest BCUT2D eigenvalue weighted by atomic mass is 16.3. The molecule has 0 saturated carbocycles. The molecule has 0 aliphatic carbocycles. The zero-order valence-electron chi connectivity index (χ0n) is 16.2. The van der Waals surface area contributed by atoms with Gasteiger partial charge in [-0.25, -0.2) is 9.69 Å². The van der Waals surface area contributed by atoms with E-state index < -0.39 is 6.04 Å². The van der Waals surface area contributed by atoms with Crippen molar-refractivity contribution < 1.29 is 18.6 Å². The molecule has 0 N–H and O–H groups in total. The van der Waals surface area contributed by atoms with E-state index in [0.29, 0.717) is 12.4 Å². The van der Waals surface area contributed by atoms with Crippen LogP contribution in [0.5, 0.6) is 0 Å². The molecule has 8 heteroatoms. The van der Waals surface area contributed by atoms with Crippen molar-refractivity contribution in [3.63, 3.8) is 0 Å². The fraction of sp³-hybridized carbons (Fsp3) is 0.333. The third-order valence-corrected chi connectivity index (χ3v) is 5.61. The van der Waals surface area contributed by atoms with Crippen LogP contribution in [0.3, 0.4) is 0 Å². The summed E-state index contributed by atoms with van der Waals surface area (Å²) in [5.41, 5.74) is 0.920. The molecule has 148 valence electrons. The van der Waals surface area contributed by atoms with Gasteiger partial charge in [-0.05, 0) is 17.7 Å². The van der Waals surface area contributed by atoms with Crippen LogP contribution in [0.1, 0.15) is 17.7 Å². The summed E-state index contributed by atoms with van der Waals surface area (Å²) in [4.78, 5) is 35.8. The Kier molecular flexibility index (Phi) is 4.19. The maximum atomic E-state index is 13.4. The molecule has 0 spiro atoms. The second kappa shape index (κ2) is 6.88. The third-order valence-electron chi connectivity index (χ3n) is 5.61. The molecule has 1 saturated heterocycles. The minimum absolute atomic E-state index is 0.217. The van der Waals surface area contributed by atoms with E-state index in [1.807, 2.05) is 47.4 Å². The summed E-state index contributed by atoms with van der Waals surface area (Å²) in [5, 5.41) is 0. The number of carbonyl (C=O) groups excluding carboxylic acids is 2. The largest absolute Gasteiger partial charge is 0.466 e. The van der Waals surface area contributed by atoms with E-state index >= 15 is 0 Å². The quantitative estimate of drug-likeness (QED) is 0.743. The van der Waals surface area contributed by atoms with E-state index in [1.54, 1.807) is 13.3 Å². The zero-order chi connectivity index (χ0) is 20.0. The Morgan fingerprint density at radius 2 is 2.00 bits per heavy atom. The molecular formula is C21H22N5O3+. The Balaban J connectivity index is 1.48. The van der Waals surface area contributed by atoms with Crippen LogP contribution in [0.4, 0.5) is 4.79 Å². The molecule has 2 aromatic rings. The van der Waals surface area contributed by atoms with Gasteiger partial charge < -0.3 is 4.42 Å². The molecule has 1 unspecified atom stereocenters. The first-order chi connectivity index (χ1) is 14.1. The molecule has 0 radical (unpaired) electrons. The van der Waals surface area contributed by atoms with E-state index in [-0.39, 0.29) is 18.5 Å².